The van der Waals surface area contributed by atoms with Crippen molar-refractivity contribution < 1.29 is 12.8 Å². The predicted molar refractivity (Wildman–Crippen MR) is 87.3 cm³/mol. The van der Waals surface area contributed by atoms with Crippen LogP contribution >= 0.6 is 0 Å². The fourth-order valence-corrected chi connectivity index (χ4v) is 4.80. The lowest BCUT2D eigenvalue weighted by Gasteiger charge is -2.08. The molecule has 0 aromatic carbocycles. The van der Waals surface area contributed by atoms with Crippen LogP contribution in [0, 0.1) is 5.92 Å². The highest BCUT2D eigenvalue weighted by Gasteiger charge is 2.30. The number of aromatic nitrogens is 4. The van der Waals surface area contributed by atoms with Crippen molar-refractivity contribution >= 4 is 9.84 Å². The van der Waals surface area contributed by atoms with E-state index in [1.54, 1.807) is 29.3 Å². The Morgan fingerprint density at radius 3 is 2.83 bits per heavy atom. The van der Waals surface area contributed by atoms with Crippen LogP contribution in [-0.2, 0) is 16.3 Å². The van der Waals surface area contributed by atoms with Crippen molar-refractivity contribution in [3.63, 3.8) is 0 Å². The van der Waals surface area contributed by atoms with Gasteiger partial charge in [-0.1, -0.05) is 6.07 Å². The standard InChI is InChI=1S/C16H16N4O3S/c21-24(22)9-6-12(11-24)10-15-18-16(13-4-3-8-23-13)19-20(15)14-5-1-2-7-17-14/h1-5,7-8,12H,6,9-11H2. The van der Waals surface area contributed by atoms with Crippen molar-refractivity contribution in [2.24, 2.45) is 5.92 Å². The first-order valence-corrected chi connectivity index (χ1v) is 9.54. The molecule has 1 saturated heterocycles. The minimum absolute atomic E-state index is 0.0612. The third-order valence-electron chi connectivity index (χ3n) is 4.08. The summed E-state index contributed by atoms with van der Waals surface area (Å²) in [5, 5.41) is 4.50. The molecule has 124 valence electrons. The Hall–Kier alpha value is -2.48. The average Bonchev–Trinajstić information content (AvgIpc) is 3.28. The summed E-state index contributed by atoms with van der Waals surface area (Å²) in [4.78, 5) is 8.88. The Morgan fingerprint density at radius 2 is 2.17 bits per heavy atom. The van der Waals surface area contributed by atoms with Crippen molar-refractivity contribution in [2.75, 3.05) is 11.5 Å². The summed E-state index contributed by atoms with van der Waals surface area (Å²) in [6.45, 7) is 0. The van der Waals surface area contributed by atoms with Crippen molar-refractivity contribution in [3.05, 3.63) is 48.6 Å². The van der Waals surface area contributed by atoms with Gasteiger partial charge in [0, 0.05) is 12.6 Å². The van der Waals surface area contributed by atoms with Crippen molar-refractivity contribution in [2.45, 2.75) is 12.8 Å². The molecule has 0 amide bonds. The molecular formula is C16H16N4O3S. The molecule has 7 nitrogen and oxygen atoms in total. The second-order valence-corrected chi connectivity index (χ2v) is 8.13. The third-order valence-corrected chi connectivity index (χ3v) is 5.92. The molecule has 0 saturated carbocycles. The van der Waals surface area contributed by atoms with Gasteiger partial charge in [0.05, 0.1) is 17.8 Å². The van der Waals surface area contributed by atoms with E-state index in [4.69, 9.17) is 4.42 Å². The summed E-state index contributed by atoms with van der Waals surface area (Å²) < 4.78 is 30.5. The minimum atomic E-state index is -2.92. The molecule has 0 bridgehead atoms. The van der Waals surface area contributed by atoms with Crippen LogP contribution in [0.3, 0.4) is 0 Å². The molecule has 1 atom stereocenters. The van der Waals surface area contributed by atoms with E-state index in [0.717, 1.165) is 0 Å². The van der Waals surface area contributed by atoms with Crippen LogP contribution in [0.5, 0.6) is 0 Å². The van der Waals surface area contributed by atoms with Gasteiger partial charge in [0.1, 0.15) is 5.82 Å². The van der Waals surface area contributed by atoms with Gasteiger partial charge in [0.15, 0.2) is 21.4 Å². The van der Waals surface area contributed by atoms with E-state index in [-0.39, 0.29) is 17.4 Å². The van der Waals surface area contributed by atoms with Crippen molar-refractivity contribution in [1.82, 2.24) is 19.7 Å². The monoisotopic (exact) mass is 344 g/mol. The quantitative estimate of drug-likeness (QED) is 0.718. The molecule has 4 heterocycles. The molecule has 0 spiro atoms. The lowest BCUT2D eigenvalue weighted by molar-refractivity contribution is 0.558. The fraction of sp³-hybridized carbons (Fsp3) is 0.312. The largest absolute Gasteiger partial charge is 0.461 e. The average molecular weight is 344 g/mol. The molecular weight excluding hydrogens is 328 g/mol. The first-order chi connectivity index (χ1) is 11.6. The molecule has 0 aliphatic carbocycles. The number of rotatable bonds is 4. The predicted octanol–water partition coefficient (Wildman–Crippen LogP) is 1.90. The van der Waals surface area contributed by atoms with E-state index in [1.165, 1.54) is 0 Å². The highest BCUT2D eigenvalue weighted by molar-refractivity contribution is 7.91. The van der Waals surface area contributed by atoms with Gasteiger partial charge in [-0.25, -0.2) is 18.4 Å². The number of hydrogen-bond acceptors (Lipinski definition) is 6. The van der Waals surface area contributed by atoms with Crippen molar-refractivity contribution in [1.29, 1.82) is 0 Å². The Labute approximate surface area is 139 Å². The molecule has 1 aliphatic heterocycles. The summed E-state index contributed by atoms with van der Waals surface area (Å²) in [7, 11) is -2.92. The molecule has 1 unspecified atom stereocenters. The molecule has 0 N–H and O–H groups in total. The normalized spacial score (nSPS) is 19.6. The molecule has 1 aliphatic rings. The van der Waals surface area contributed by atoms with E-state index >= 15 is 0 Å². The maximum absolute atomic E-state index is 11.7. The van der Waals surface area contributed by atoms with Gasteiger partial charge in [-0.05, 0) is 36.6 Å². The first kappa shape index (κ1) is 15.1. The van der Waals surface area contributed by atoms with Gasteiger partial charge in [0.2, 0.25) is 5.82 Å². The van der Waals surface area contributed by atoms with E-state index in [1.807, 2.05) is 18.2 Å². The maximum atomic E-state index is 11.7. The Bertz CT molecular complexity index is 933. The van der Waals surface area contributed by atoms with Crippen LogP contribution in [0.1, 0.15) is 12.2 Å². The smallest absolute Gasteiger partial charge is 0.217 e. The topological polar surface area (TPSA) is 90.9 Å². The number of furan rings is 1. The van der Waals surface area contributed by atoms with Gasteiger partial charge < -0.3 is 4.42 Å². The molecule has 0 radical (unpaired) electrons. The molecule has 8 heteroatoms. The summed E-state index contributed by atoms with van der Waals surface area (Å²) >= 11 is 0. The van der Waals surface area contributed by atoms with Gasteiger partial charge in [0.25, 0.3) is 0 Å². The zero-order chi connectivity index (χ0) is 16.6. The van der Waals surface area contributed by atoms with E-state index in [0.29, 0.717) is 36.1 Å². The highest BCUT2D eigenvalue weighted by atomic mass is 32.2. The van der Waals surface area contributed by atoms with Gasteiger partial charge in [-0.15, -0.1) is 5.10 Å². The van der Waals surface area contributed by atoms with E-state index < -0.39 is 9.84 Å². The number of hydrogen-bond donors (Lipinski definition) is 0. The minimum Gasteiger partial charge on any atom is -0.461 e. The zero-order valence-electron chi connectivity index (χ0n) is 12.9. The van der Waals surface area contributed by atoms with Crippen LogP contribution in [0.2, 0.25) is 0 Å². The van der Waals surface area contributed by atoms with Gasteiger partial charge in [-0.2, -0.15) is 4.68 Å². The molecule has 3 aromatic heterocycles. The summed E-state index contributed by atoms with van der Waals surface area (Å²) in [5.74, 6) is 2.91. The van der Waals surface area contributed by atoms with E-state index in [9.17, 15) is 8.42 Å². The number of sulfone groups is 1. The fourth-order valence-electron chi connectivity index (χ4n) is 2.94. The second-order valence-electron chi connectivity index (χ2n) is 5.90. The SMILES string of the molecule is O=S1(=O)CCC(Cc2nc(-c3ccco3)nn2-c2ccccn2)C1. The van der Waals surface area contributed by atoms with Crippen molar-refractivity contribution in [3.8, 4) is 17.4 Å². The van der Waals surface area contributed by atoms with Crippen LogP contribution < -0.4 is 0 Å². The summed E-state index contributed by atoms with van der Waals surface area (Å²) in [5.41, 5.74) is 0. The maximum Gasteiger partial charge on any atom is 0.217 e. The first-order valence-electron chi connectivity index (χ1n) is 7.72. The van der Waals surface area contributed by atoms with Crippen LogP contribution in [-0.4, -0.2) is 39.7 Å². The number of nitrogens with zero attached hydrogens (tertiary/aromatic N) is 4. The number of pyridine rings is 1. The highest BCUT2D eigenvalue weighted by Crippen LogP contribution is 2.25. The lowest BCUT2D eigenvalue weighted by Crippen LogP contribution is -2.12. The zero-order valence-corrected chi connectivity index (χ0v) is 13.7. The van der Waals surface area contributed by atoms with E-state index in [2.05, 4.69) is 15.1 Å². The van der Waals surface area contributed by atoms with Crippen LogP contribution in [0.4, 0.5) is 0 Å². The molecule has 4 rings (SSSR count). The second kappa shape index (κ2) is 5.86. The molecule has 24 heavy (non-hydrogen) atoms. The summed E-state index contributed by atoms with van der Waals surface area (Å²) in [6, 6.07) is 9.12. The summed E-state index contributed by atoms with van der Waals surface area (Å²) in [6.07, 6.45) is 4.46. The van der Waals surface area contributed by atoms with Gasteiger partial charge >= 0.3 is 0 Å². The third kappa shape index (κ3) is 2.96. The Morgan fingerprint density at radius 1 is 1.25 bits per heavy atom. The molecule has 3 aromatic rings. The van der Waals surface area contributed by atoms with Crippen LogP contribution in [0.15, 0.2) is 47.2 Å². The molecule has 1 fully saturated rings. The lowest BCUT2D eigenvalue weighted by atomic mass is 10.1. The van der Waals surface area contributed by atoms with Crippen LogP contribution in [0.25, 0.3) is 17.4 Å². The Kier molecular flexibility index (Phi) is 3.68. The Balaban J connectivity index is 1.71. The van der Waals surface area contributed by atoms with Gasteiger partial charge in [-0.3, -0.25) is 0 Å².